The molecular formula is C9H9F3IN3. The minimum Gasteiger partial charge on any atom is -0.383 e. The fraction of sp³-hybridized carbons (Fsp3) is 0.556. The van der Waals surface area contributed by atoms with Crippen molar-refractivity contribution >= 4 is 28.4 Å². The second kappa shape index (κ2) is 4.01. The van der Waals surface area contributed by atoms with Crippen molar-refractivity contribution in [2.75, 3.05) is 5.73 Å². The molecule has 1 heterocycles. The number of nitrogens with zero attached hydrogens (tertiary/aromatic N) is 2. The summed E-state index contributed by atoms with van der Waals surface area (Å²) in [5.41, 5.74) is 6.25. The number of hydrogen-bond donors (Lipinski definition) is 1. The standard InChI is InChI=1S/C9H9F3IN3/c10-9(11,12)3-5-15-7(4-1-2-4)6(13)8(14)16-5/h4H,1-3H2,(H2,14,15,16). The van der Waals surface area contributed by atoms with Crippen LogP contribution in [0.2, 0.25) is 0 Å². The highest BCUT2D eigenvalue weighted by Crippen LogP contribution is 2.42. The Kier molecular flexibility index (Phi) is 2.97. The van der Waals surface area contributed by atoms with Crippen LogP contribution in [0.3, 0.4) is 0 Å². The molecule has 1 saturated carbocycles. The predicted octanol–water partition coefficient (Wildman–Crippen LogP) is 2.65. The third kappa shape index (κ3) is 2.74. The molecule has 2 N–H and O–H groups in total. The summed E-state index contributed by atoms with van der Waals surface area (Å²) in [6.45, 7) is 0. The number of hydrogen-bond acceptors (Lipinski definition) is 3. The molecule has 88 valence electrons. The Morgan fingerprint density at radius 2 is 1.94 bits per heavy atom. The van der Waals surface area contributed by atoms with E-state index in [-0.39, 0.29) is 17.6 Å². The second-order valence-electron chi connectivity index (χ2n) is 3.79. The van der Waals surface area contributed by atoms with Crippen LogP contribution in [0.1, 0.15) is 30.3 Å². The van der Waals surface area contributed by atoms with E-state index in [1.54, 1.807) is 0 Å². The van der Waals surface area contributed by atoms with Gasteiger partial charge in [0.05, 0.1) is 9.26 Å². The Morgan fingerprint density at radius 1 is 1.31 bits per heavy atom. The molecule has 1 fully saturated rings. The highest BCUT2D eigenvalue weighted by atomic mass is 127. The first-order chi connectivity index (χ1) is 7.37. The molecule has 0 unspecified atom stereocenters. The van der Waals surface area contributed by atoms with Crippen molar-refractivity contribution in [3.8, 4) is 0 Å². The van der Waals surface area contributed by atoms with Crippen molar-refractivity contribution in [3.05, 3.63) is 15.1 Å². The first-order valence-electron chi connectivity index (χ1n) is 4.75. The lowest BCUT2D eigenvalue weighted by molar-refractivity contribution is -0.128. The van der Waals surface area contributed by atoms with Gasteiger partial charge in [0.2, 0.25) is 0 Å². The van der Waals surface area contributed by atoms with E-state index in [0.717, 1.165) is 12.8 Å². The summed E-state index contributed by atoms with van der Waals surface area (Å²) in [5.74, 6) is 0.188. The van der Waals surface area contributed by atoms with Gasteiger partial charge in [-0.05, 0) is 35.4 Å². The Balaban J connectivity index is 2.33. The van der Waals surface area contributed by atoms with Crippen LogP contribution in [0.5, 0.6) is 0 Å². The molecule has 3 nitrogen and oxygen atoms in total. The summed E-state index contributed by atoms with van der Waals surface area (Å²) in [6.07, 6.45) is -3.47. The average molecular weight is 343 g/mol. The lowest BCUT2D eigenvalue weighted by Gasteiger charge is -2.09. The highest BCUT2D eigenvalue weighted by Gasteiger charge is 2.33. The van der Waals surface area contributed by atoms with Crippen molar-refractivity contribution < 1.29 is 13.2 Å². The van der Waals surface area contributed by atoms with Crippen molar-refractivity contribution in [2.45, 2.75) is 31.4 Å². The van der Waals surface area contributed by atoms with Crippen LogP contribution in [0.15, 0.2) is 0 Å². The van der Waals surface area contributed by atoms with Gasteiger partial charge >= 0.3 is 6.18 Å². The van der Waals surface area contributed by atoms with Crippen LogP contribution >= 0.6 is 22.6 Å². The van der Waals surface area contributed by atoms with Crippen molar-refractivity contribution in [2.24, 2.45) is 0 Å². The fourth-order valence-electron chi connectivity index (χ4n) is 1.42. The zero-order valence-corrected chi connectivity index (χ0v) is 10.3. The molecule has 0 aliphatic heterocycles. The summed E-state index contributed by atoms with van der Waals surface area (Å²) in [7, 11) is 0. The Labute approximate surface area is 104 Å². The molecular weight excluding hydrogens is 334 g/mol. The first-order valence-corrected chi connectivity index (χ1v) is 5.83. The summed E-state index contributed by atoms with van der Waals surface area (Å²) in [5, 5.41) is 0. The summed E-state index contributed by atoms with van der Waals surface area (Å²) in [6, 6.07) is 0. The maximum atomic E-state index is 12.2. The molecule has 2 rings (SSSR count). The predicted molar refractivity (Wildman–Crippen MR) is 60.9 cm³/mol. The van der Waals surface area contributed by atoms with Crippen molar-refractivity contribution in [3.63, 3.8) is 0 Å². The molecule has 0 spiro atoms. The Bertz CT molecular complexity index is 415. The van der Waals surface area contributed by atoms with Gasteiger partial charge in [-0.2, -0.15) is 13.2 Å². The third-order valence-electron chi connectivity index (χ3n) is 2.27. The molecule has 0 aromatic carbocycles. The SMILES string of the molecule is Nc1nc(CC(F)(F)F)nc(C2CC2)c1I. The average Bonchev–Trinajstić information content (AvgIpc) is 2.91. The molecule has 0 saturated heterocycles. The first kappa shape index (κ1) is 11.9. The van der Waals surface area contributed by atoms with Gasteiger partial charge in [-0.1, -0.05) is 0 Å². The summed E-state index contributed by atoms with van der Waals surface area (Å²) >= 11 is 1.98. The minimum atomic E-state index is -4.29. The molecule has 0 atom stereocenters. The molecule has 1 aliphatic rings. The molecule has 7 heteroatoms. The summed E-state index contributed by atoms with van der Waals surface area (Å²) in [4.78, 5) is 7.63. The molecule has 16 heavy (non-hydrogen) atoms. The van der Waals surface area contributed by atoms with Crippen LogP contribution in [-0.4, -0.2) is 16.1 Å². The number of halogens is 4. The molecule has 1 aromatic rings. The van der Waals surface area contributed by atoms with E-state index in [4.69, 9.17) is 5.73 Å². The normalized spacial score (nSPS) is 16.5. The molecule has 0 radical (unpaired) electrons. The fourth-order valence-corrected chi connectivity index (χ4v) is 2.10. The van der Waals surface area contributed by atoms with Gasteiger partial charge in [-0.15, -0.1) is 0 Å². The molecule has 0 amide bonds. The second-order valence-corrected chi connectivity index (χ2v) is 4.87. The van der Waals surface area contributed by atoms with E-state index in [1.807, 2.05) is 22.6 Å². The van der Waals surface area contributed by atoms with E-state index in [9.17, 15) is 13.2 Å². The largest absolute Gasteiger partial charge is 0.396 e. The van der Waals surface area contributed by atoms with Gasteiger partial charge in [0.1, 0.15) is 18.1 Å². The lowest BCUT2D eigenvalue weighted by atomic mass is 10.2. The number of aromatic nitrogens is 2. The number of nitrogen functional groups attached to an aromatic ring is 1. The van der Waals surface area contributed by atoms with E-state index in [1.165, 1.54) is 0 Å². The maximum absolute atomic E-state index is 12.2. The van der Waals surface area contributed by atoms with Crippen LogP contribution in [0.25, 0.3) is 0 Å². The number of rotatable bonds is 2. The van der Waals surface area contributed by atoms with Crippen LogP contribution in [0, 0.1) is 3.57 Å². The van der Waals surface area contributed by atoms with Crippen LogP contribution < -0.4 is 5.73 Å². The van der Waals surface area contributed by atoms with Gasteiger partial charge in [-0.3, -0.25) is 0 Å². The zero-order chi connectivity index (χ0) is 11.9. The van der Waals surface area contributed by atoms with Crippen molar-refractivity contribution in [1.29, 1.82) is 0 Å². The molecule has 0 bridgehead atoms. The van der Waals surface area contributed by atoms with Gasteiger partial charge in [0.25, 0.3) is 0 Å². The molecule has 1 aromatic heterocycles. The van der Waals surface area contributed by atoms with E-state index < -0.39 is 12.6 Å². The smallest absolute Gasteiger partial charge is 0.383 e. The topological polar surface area (TPSA) is 51.8 Å². The Morgan fingerprint density at radius 3 is 2.44 bits per heavy atom. The van der Waals surface area contributed by atoms with E-state index in [2.05, 4.69) is 9.97 Å². The van der Waals surface area contributed by atoms with E-state index in [0.29, 0.717) is 9.26 Å². The zero-order valence-electron chi connectivity index (χ0n) is 8.18. The quantitative estimate of drug-likeness (QED) is 0.840. The molecule has 1 aliphatic carbocycles. The monoisotopic (exact) mass is 343 g/mol. The van der Waals surface area contributed by atoms with Gasteiger partial charge in [0, 0.05) is 5.92 Å². The van der Waals surface area contributed by atoms with Crippen LogP contribution in [0.4, 0.5) is 19.0 Å². The number of nitrogens with two attached hydrogens (primary N) is 1. The third-order valence-corrected chi connectivity index (χ3v) is 3.38. The lowest BCUT2D eigenvalue weighted by Crippen LogP contribution is -2.16. The van der Waals surface area contributed by atoms with Gasteiger partial charge in [-0.25, -0.2) is 9.97 Å². The Hall–Kier alpha value is -0.600. The van der Waals surface area contributed by atoms with Crippen molar-refractivity contribution in [1.82, 2.24) is 9.97 Å². The highest BCUT2D eigenvalue weighted by molar-refractivity contribution is 14.1. The van der Waals surface area contributed by atoms with Gasteiger partial charge in [0.15, 0.2) is 0 Å². The number of alkyl halides is 3. The van der Waals surface area contributed by atoms with E-state index >= 15 is 0 Å². The minimum absolute atomic E-state index is 0.150. The van der Waals surface area contributed by atoms with Crippen LogP contribution in [-0.2, 0) is 6.42 Å². The van der Waals surface area contributed by atoms with Gasteiger partial charge < -0.3 is 5.73 Å². The number of anilines is 1. The summed E-state index contributed by atoms with van der Waals surface area (Å²) < 4.78 is 37.3. The maximum Gasteiger partial charge on any atom is 0.396 e.